The number of fused-ring (bicyclic) bond motifs is 6. The molecule has 4 aromatic carbocycles. The Hall–Kier alpha value is -1.44. The molecule has 0 saturated heterocycles. The topological polar surface area (TPSA) is 0 Å². The largest absolute Gasteiger partial charge is 1.00 e. The molecule has 0 heterocycles. The first kappa shape index (κ1) is 35.8. The Balaban J connectivity index is 0.000000237. The average Bonchev–Trinajstić information content (AvgIpc) is 3.46. The first-order valence-corrected chi connectivity index (χ1v) is 17.2. The van der Waals surface area contributed by atoms with Gasteiger partial charge in [-0.15, -0.1) is 11.1 Å². The van der Waals surface area contributed by atoms with E-state index in [4.69, 9.17) is 0 Å². The van der Waals surface area contributed by atoms with Crippen molar-refractivity contribution in [2.75, 3.05) is 12.5 Å². The Morgan fingerprint density at radius 1 is 0.634 bits per heavy atom. The zero-order valence-corrected chi connectivity index (χ0v) is 30.4. The van der Waals surface area contributed by atoms with Gasteiger partial charge in [-0.25, -0.2) is 0 Å². The maximum atomic E-state index is 3.47. The van der Waals surface area contributed by atoms with Crippen LogP contribution in [-0.4, -0.2) is 15.6 Å². The first-order valence-electron chi connectivity index (χ1n) is 13.7. The van der Waals surface area contributed by atoms with Gasteiger partial charge in [-0.3, -0.25) is 0 Å². The summed E-state index contributed by atoms with van der Waals surface area (Å²) in [7, 11) is 0.592. The fourth-order valence-electron chi connectivity index (χ4n) is 4.95. The van der Waals surface area contributed by atoms with E-state index in [0.29, 0.717) is 10.9 Å². The van der Waals surface area contributed by atoms with Gasteiger partial charge in [0.25, 0.3) is 0 Å². The molecular weight excluding hydrogens is 639 g/mol. The summed E-state index contributed by atoms with van der Waals surface area (Å²) in [5.74, 6) is 0. The van der Waals surface area contributed by atoms with Crippen molar-refractivity contribution in [2.45, 2.75) is 65.2 Å². The van der Waals surface area contributed by atoms with Gasteiger partial charge in [0.15, 0.2) is 0 Å². The molecule has 0 saturated carbocycles. The van der Waals surface area contributed by atoms with Gasteiger partial charge >= 0.3 is 50.7 Å². The van der Waals surface area contributed by atoms with Crippen LogP contribution in [0.15, 0.2) is 72.8 Å². The third-order valence-corrected chi connectivity index (χ3v) is 11.3. The molecule has 0 N–H and O–H groups in total. The van der Waals surface area contributed by atoms with Crippen LogP contribution in [0.3, 0.4) is 0 Å². The first-order chi connectivity index (χ1) is 18.4. The van der Waals surface area contributed by atoms with Crippen molar-refractivity contribution in [1.82, 2.24) is 0 Å². The van der Waals surface area contributed by atoms with Gasteiger partial charge in [-0.05, 0) is 12.8 Å². The van der Waals surface area contributed by atoms with E-state index >= 15 is 0 Å². The Bertz CT molecular complexity index is 1370. The molecule has 0 amide bonds. The molecule has 0 unspecified atom stereocenters. The van der Waals surface area contributed by atoms with Crippen molar-refractivity contribution < 1.29 is 49.0 Å². The Morgan fingerprint density at radius 3 is 1.29 bits per heavy atom. The minimum absolute atomic E-state index is 0. The summed E-state index contributed by atoms with van der Waals surface area (Å²) < 4.78 is 2.28. The van der Waals surface area contributed by atoms with Crippen LogP contribution in [0.5, 0.6) is 0 Å². The van der Waals surface area contributed by atoms with E-state index in [1.54, 1.807) is 24.2 Å². The molecule has 0 spiro atoms. The molecule has 0 fully saturated rings. The molecule has 214 valence electrons. The van der Waals surface area contributed by atoms with Crippen molar-refractivity contribution in [1.29, 1.82) is 0 Å². The van der Waals surface area contributed by atoms with Crippen molar-refractivity contribution in [3.8, 4) is 22.3 Å². The Morgan fingerprint density at radius 2 is 0.976 bits per heavy atom. The molecular formula is C37H41Cl2SZr-. The van der Waals surface area contributed by atoms with Gasteiger partial charge in [0, 0.05) is 0 Å². The fraction of sp³-hybridized carbons (Fsp3) is 0.324. The molecule has 0 bridgehead atoms. The van der Waals surface area contributed by atoms with Crippen LogP contribution >= 0.6 is 0 Å². The predicted molar refractivity (Wildman–Crippen MR) is 170 cm³/mol. The molecule has 6 rings (SSSR count). The molecule has 0 nitrogen and oxygen atoms in total. The molecule has 41 heavy (non-hydrogen) atoms. The maximum Gasteiger partial charge on any atom is -1.00 e. The van der Waals surface area contributed by atoms with Crippen molar-refractivity contribution in [3.05, 3.63) is 118 Å². The van der Waals surface area contributed by atoms with Gasteiger partial charge in [-0.2, -0.15) is 58.7 Å². The standard InChI is InChI=1S/2C17H17.C3H7S.2ClH.Zr/c2*1-17(2,3)14-9-8-13-10-12-6-4-5-7-15(12)16(13)11-14;1-4(2)3;;;/h2*4-7,9,11H,10H2,1-3H3;1H,2-3H3;2*1H;/q2*-1;+1;;;+2/p-2. The zero-order chi connectivity index (χ0) is 28.4. The third-order valence-electron chi connectivity index (χ3n) is 7.37. The van der Waals surface area contributed by atoms with E-state index in [0.717, 1.165) is 12.8 Å². The zero-order valence-electron chi connectivity index (χ0n) is 25.6. The second-order valence-electron chi connectivity index (χ2n) is 12.7. The van der Waals surface area contributed by atoms with Crippen LogP contribution in [0, 0.1) is 12.1 Å². The molecule has 2 aliphatic rings. The summed E-state index contributed by atoms with van der Waals surface area (Å²) in [4.78, 5) is 0. The number of hydrogen-bond donors (Lipinski definition) is 0. The van der Waals surface area contributed by atoms with Gasteiger partial charge < -0.3 is 24.8 Å². The Kier molecular flexibility index (Phi) is 12.9. The van der Waals surface area contributed by atoms with Crippen molar-refractivity contribution in [2.24, 2.45) is 0 Å². The van der Waals surface area contributed by atoms with E-state index in [2.05, 4.69) is 142 Å². The van der Waals surface area contributed by atoms with E-state index in [1.807, 2.05) is 0 Å². The van der Waals surface area contributed by atoms with Crippen LogP contribution in [0.2, 0.25) is 0 Å². The van der Waals surface area contributed by atoms with E-state index in [9.17, 15) is 0 Å². The SMILES string of the molecule is CC(C)(C)c1c[c-]c2c(c1)-c1ccccc1C2.CC(C)(C)c1c[c-]c2c(c1)-c1ccccc1C2.C[S+](C)[CH]=[Zr+2].[Cl-].[Cl-]. The van der Waals surface area contributed by atoms with Crippen LogP contribution in [0.25, 0.3) is 22.3 Å². The molecule has 4 aromatic rings. The van der Waals surface area contributed by atoms with E-state index < -0.39 is 0 Å². The van der Waals surface area contributed by atoms with Gasteiger partial charge in [0.05, 0.1) is 0 Å². The van der Waals surface area contributed by atoms with Crippen LogP contribution in [0.1, 0.15) is 74.9 Å². The summed E-state index contributed by atoms with van der Waals surface area (Å²) in [5, 5.41) is 0. The second kappa shape index (κ2) is 14.8. The van der Waals surface area contributed by atoms with Gasteiger partial charge in [0.1, 0.15) is 0 Å². The molecule has 4 heteroatoms. The summed E-state index contributed by atoms with van der Waals surface area (Å²) in [6.45, 7) is 13.5. The second-order valence-corrected chi connectivity index (χ2v) is 16.5. The summed E-state index contributed by atoms with van der Waals surface area (Å²) in [5.41, 5.74) is 14.2. The normalized spacial score (nSPS) is 12.2. The summed E-state index contributed by atoms with van der Waals surface area (Å²) in [6, 6.07) is 33.3. The molecule has 0 radical (unpaired) electrons. The van der Waals surface area contributed by atoms with Crippen LogP contribution in [0.4, 0.5) is 0 Å². The van der Waals surface area contributed by atoms with Crippen molar-refractivity contribution >= 4 is 13.9 Å². The maximum absolute atomic E-state index is 3.47. The number of halogens is 2. The van der Waals surface area contributed by atoms with E-state index in [1.165, 1.54) is 55.6 Å². The summed E-state index contributed by atoms with van der Waals surface area (Å²) in [6.07, 6.45) is 6.51. The number of rotatable bonds is 1. The minimum atomic E-state index is 0. The third kappa shape index (κ3) is 8.79. The molecule has 0 aromatic heterocycles. The monoisotopic (exact) mass is 677 g/mol. The fourth-order valence-corrected chi connectivity index (χ4v) is 4.95. The average molecular weight is 680 g/mol. The van der Waals surface area contributed by atoms with Crippen LogP contribution in [-0.2, 0) is 58.8 Å². The van der Waals surface area contributed by atoms with Crippen LogP contribution < -0.4 is 24.8 Å². The smallest absolute Gasteiger partial charge is 1.00 e. The van der Waals surface area contributed by atoms with Crippen molar-refractivity contribution in [3.63, 3.8) is 0 Å². The van der Waals surface area contributed by atoms with Gasteiger partial charge in [0.2, 0.25) is 0 Å². The predicted octanol–water partition coefficient (Wildman–Crippen LogP) is 2.89. The molecule has 2 aliphatic carbocycles. The number of hydrogen-bond acceptors (Lipinski definition) is 0. The van der Waals surface area contributed by atoms with Gasteiger partial charge in [-0.1, -0.05) is 123 Å². The summed E-state index contributed by atoms with van der Waals surface area (Å²) >= 11 is 1.55. The molecule has 0 atom stereocenters. The quantitative estimate of drug-likeness (QED) is 0.186. The Labute approximate surface area is 279 Å². The molecule has 0 aliphatic heterocycles. The van der Waals surface area contributed by atoms with E-state index in [-0.39, 0.29) is 35.6 Å². The number of benzene rings is 4. The minimum Gasteiger partial charge on any atom is -1.00 e.